The molecule has 0 radical (unpaired) electrons. The van der Waals surface area contributed by atoms with Crippen LogP contribution in [0.2, 0.25) is 0 Å². The number of nitrogens with zero attached hydrogens (tertiary/aromatic N) is 1. The van der Waals surface area contributed by atoms with Crippen LogP contribution in [0.3, 0.4) is 0 Å². The van der Waals surface area contributed by atoms with E-state index in [1.807, 2.05) is 30.5 Å². The molecule has 0 atom stereocenters. The van der Waals surface area contributed by atoms with Gasteiger partial charge >= 0.3 is 0 Å². The maximum Gasteiger partial charge on any atom is 0.219 e. The van der Waals surface area contributed by atoms with Crippen LogP contribution in [0.25, 0.3) is 10.9 Å². The molecule has 17 heavy (non-hydrogen) atoms. The zero-order valence-corrected chi connectivity index (χ0v) is 9.94. The van der Waals surface area contributed by atoms with Gasteiger partial charge in [-0.05, 0) is 24.6 Å². The molecule has 90 valence electrons. The van der Waals surface area contributed by atoms with E-state index in [1.54, 1.807) is 7.05 Å². The summed E-state index contributed by atoms with van der Waals surface area (Å²) in [6, 6.07) is 7.92. The quantitative estimate of drug-likeness (QED) is 0.787. The largest absolute Gasteiger partial charge is 0.398 e. The molecule has 4 nitrogen and oxygen atoms in total. The number of nitrogens with two attached hydrogens (primary N) is 1. The van der Waals surface area contributed by atoms with Crippen LogP contribution >= 0.6 is 0 Å². The number of carbonyl (C=O) groups excluding carboxylic acids is 1. The summed E-state index contributed by atoms with van der Waals surface area (Å²) in [6.45, 7) is 0.834. The van der Waals surface area contributed by atoms with Crippen LogP contribution in [0.5, 0.6) is 0 Å². The Hall–Kier alpha value is -1.97. The number of carbonyl (C=O) groups is 1. The van der Waals surface area contributed by atoms with E-state index in [2.05, 4.69) is 9.88 Å². The van der Waals surface area contributed by atoms with Crippen LogP contribution < -0.4 is 11.1 Å². The van der Waals surface area contributed by atoms with Gasteiger partial charge in [-0.2, -0.15) is 0 Å². The molecule has 2 rings (SSSR count). The average molecular weight is 231 g/mol. The molecule has 1 aromatic heterocycles. The smallest absolute Gasteiger partial charge is 0.219 e. The standard InChI is InChI=1S/C13H17N3O/c1-15-13(17)6-3-8-16-9-7-10-11(14)4-2-5-12(10)16/h2,4-5,7,9H,3,6,8,14H2,1H3,(H,15,17). The van der Waals surface area contributed by atoms with E-state index in [0.717, 1.165) is 29.6 Å². The normalized spacial score (nSPS) is 10.6. The molecule has 0 aliphatic rings. The summed E-state index contributed by atoms with van der Waals surface area (Å²) in [5, 5.41) is 3.70. The van der Waals surface area contributed by atoms with Gasteiger partial charge in [0.25, 0.3) is 0 Å². The molecule has 2 aromatic rings. The van der Waals surface area contributed by atoms with E-state index < -0.39 is 0 Å². The predicted octanol–water partition coefficient (Wildman–Crippen LogP) is 1.75. The highest BCUT2D eigenvalue weighted by atomic mass is 16.1. The lowest BCUT2D eigenvalue weighted by Crippen LogP contribution is -2.17. The van der Waals surface area contributed by atoms with Gasteiger partial charge in [0.2, 0.25) is 5.91 Å². The number of benzene rings is 1. The van der Waals surface area contributed by atoms with Crippen LogP contribution in [-0.2, 0) is 11.3 Å². The minimum absolute atomic E-state index is 0.0842. The number of nitrogens with one attached hydrogen (secondary N) is 1. The minimum atomic E-state index is 0.0842. The average Bonchev–Trinajstić information content (AvgIpc) is 2.74. The molecular weight excluding hydrogens is 214 g/mol. The number of anilines is 1. The molecule has 1 amide bonds. The molecular formula is C13H17N3O. The Kier molecular flexibility index (Phi) is 3.32. The molecule has 0 saturated heterocycles. The van der Waals surface area contributed by atoms with Crippen molar-refractivity contribution in [2.24, 2.45) is 0 Å². The summed E-state index contributed by atoms with van der Waals surface area (Å²) >= 11 is 0. The Morgan fingerprint density at radius 3 is 3.00 bits per heavy atom. The van der Waals surface area contributed by atoms with Crippen LogP contribution in [0.15, 0.2) is 30.5 Å². The summed E-state index contributed by atoms with van der Waals surface area (Å²) in [4.78, 5) is 11.1. The first-order valence-corrected chi connectivity index (χ1v) is 5.76. The fourth-order valence-electron chi connectivity index (χ4n) is 1.98. The molecule has 0 saturated carbocycles. The Bertz CT molecular complexity index is 530. The second-order valence-electron chi connectivity index (χ2n) is 4.07. The Balaban J connectivity index is 2.09. The predicted molar refractivity (Wildman–Crippen MR) is 69.7 cm³/mol. The monoisotopic (exact) mass is 231 g/mol. The van der Waals surface area contributed by atoms with Crippen LogP contribution in [0.1, 0.15) is 12.8 Å². The van der Waals surface area contributed by atoms with Gasteiger partial charge in [0, 0.05) is 37.3 Å². The SMILES string of the molecule is CNC(=O)CCCn1ccc2c(N)cccc21. The van der Waals surface area contributed by atoms with E-state index in [-0.39, 0.29) is 5.91 Å². The molecule has 0 aliphatic heterocycles. The van der Waals surface area contributed by atoms with Crippen molar-refractivity contribution < 1.29 is 4.79 Å². The molecule has 0 spiro atoms. The third-order valence-electron chi connectivity index (χ3n) is 2.93. The second-order valence-corrected chi connectivity index (χ2v) is 4.07. The fourth-order valence-corrected chi connectivity index (χ4v) is 1.98. The number of aromatic nitrogens is 1. The zero-order chi connectivity index (χ0) is 12.3. The van der Waals surface area contributed by atoms with Gasteiger partial charge < -0.3 is 15.6 Å². The van der Waals surface area contributed by atoms with Crippen molar-refractivity contribution in [3.8, 4) is 0 Å². The van der Waals surface area contributed by atoms with E-state index in [9.17, 15) is 4.79 Å². The van der Waals surface area contributed by atoms with Crippen LogP contribution in [-0.4, -0.2) is 17.5 Å². The van der Waals surface area contributed by atoms with Gasteiger partial charge in [0.1, 0.15) is 0 Å². The first kappa shape index (κ1) is 11.5. The van der Waals surface area contributed by atoms with Gasteiger partial charge in [-0.25, -0.2) is 0 Å². The number of hydrogen-bond donors (Lipinski definition) is 2. The number of fused-ring (bicyclic) bond motifs is 1. The van der Waals surface area contributed by atoms with E-state index in [4.69, 9.17) is 5.73 Å². The summed E-state index contributed by atoms with van der Waals surface area (Å²) in [5.41, 5.74) is 7.82. The molecule has 4 heteroatoms. The highest BCUT2D eigenvalue weighted by Gasteiger charge is 2.04. The summed E-state index contributed by atoms with van der Waals surface area (Å²) in [6.07, 6.45) is 3.40. The van der Waals surface area contributed by atoms with E-state index in [0.29, 0.717) is 6.42 Å². The van der Waals surface area contributed by atoms with Crippen LogP contribution in [0.4, 0.5) is 5.69 Å². The van der Waals surface area contributed by atoms with Gasteiger partial charge in [-0.3, -0.25) is 4.79 Å². The molecule has 0 unspecified atom stereocenters. The molecule has 1 aromatic carbocycles. The Labute approximate surface area is 100 Å². The zero-order valence-electron chi connectivity index (χ0n) is 9.94. The lowest BCUT2D eigenvalue weighted by molar-refractivity contribution is -0.120. The summed E-state index contributed by atoms with van der Waals surface area (Å²) in [5.74, 6) is 0.0842. The third kappa shape index (κ3) is 2.41. The van der Waals surface area contributed by atoms with Crippen molar-refractivity contribution in [2.45, 2.75) is 19.4 Å². The van der Waals surface area contributed by atoms with Crippen molar-refractivity contribution in [2.75, 3.05) is 12.8 Å². The van der Waals surface area contributed by atoms with Gasteiger partial charge in [0.05, 0.1) is 5.52 Å². The van der Waals surface area contributed by atoms with Crippen molar-refractivity contribution in [3.63, 3.8) is 0 Å². The van der Waals surface area contributed by atoms with Crippen molar-refractivity contribution in [1.82, 2.24) is 9.88 Å². The second kappa shape index (κ2) is 4.91. The Morgan fingerprint density at radius 1 is 1.41 bits per heavy atom. The lowest BCUT2D eigenvalue weighted by atomic mass is 10.2. The third-order valence-corrected chi connectivity index (χ3v) is 2.93. The fraction of sp³-hybridized carbons (Fsp3) is 0.308. The lowest BCUT2D eigenvalue weighted by Gasteiger charge is -2.05. The first-order valence-electron chi connectivity index (χ1n) is 5.76. The van der Waals surface area contributed by atoms with E-state index in [1.165, 1.54) is 0 Å². The number of aryl methyl sites for hydroxylation is 1. The number of hydrogen-bond acceptors (Lipinski definition) is 2. The Morgan fingerprint density at radius 2 is 2.24 bits per heavy atom. The topological polar surface area (TPSA) is 60.0 Å². The van der Waals surface area contributed by atoms with Crippen molar-refractivity contribution in [1.29, 1.82) is 0 Å². The summed E-state index contributed by atoms with van der Waals surface area (Å²) < 4.78 is 2.13. The van der Waals surface area contributed by atoms with Crippen LogP contribution in [0, 0.1) is 0 Å². The molecule has 0 aliphatic carbocycles. The molecule has 1 heterocycles. The van der Waals surface area contributed by atoms with Gasteiger partial charge in [0.15, 0.2) is 0 Å². The van der Waals surface area contributed by atoms with E-state index >= 15 is 0 Å². The number of nitrogen functional groups attached to an aromatic ring is 1. The van der Waals surface area contributed by atoms with Gasteiger partial charge in [-0.1, -0.05) is 6.07 Å². The maximum absolute atomic E-state index is 11.1. The minimum Gasteiger partial charge on any atom is -0.398 e. The first-order chi connectivity index (χ1) is 8.22. The number of rotatable bonds is 4. The van der Waals surface area contributed by atoms with Gasteiger partial charge in [-0.15, -0.1) is 0 Å². The highest BCUT2D eigenvalue weighted by molar-refractivity contribution is 5.91. The molecule has 0 bridgehead atoms. The van der Waals surface area contributed by atoms with Crippen molar-refractivity contribution in [3.05, 3.63) is 30.5 Å². The molecule has 0 fully saturated rings. The van der Waals surface area contributed by atoms with Crippen molar-refractivity contribution >= 4 is 22.5 Å². The number of amides is 1. The summed E-state index contributed by atoms with van der Waals surface area (Å²) in [7, 11) is 1.66. The highest BCUT2D eigenvalue weighted by Crippen LogP contribution is 2.22. The maximum atomic E-state index is 11.1. The molecule has 3 N–H and O–H groups in total.